The number of rotatable bonds is 9. The maximum Gasteiger partial charge on any atom is 0.534 e. The van der Waals surface area contributed by atoms with Gasteiger partial charge in [0.15, 0.2) is 0 Å². The van der Waals surface area contributed by atoms with Gasteiger partial charge < -0.3 is 9.50 Å². The Hall–Kier alpha value is -2.37. The number of fused-ring (bicyclic) bond motifs is 1. The molecule has 0 aliphatic carbocycles. The molecule has 0 fully saturated rings. The summed E-state index contributed by atoms with van der Waals surface area (Å²) in [5.41, 5.74) is -2.85. The zero-order valence-corrected chi connectivity index (χ0v) is 20.5. The number of hydrogen-bond acceptors (Lipinski definition) is 5. The van der Waals surface area contributed by atoms with E-state index in [1.54, 1.807) is 12.1 Å². The maximum atomic E-state index is 12.6. The number of halogens is 4. The van der Waals surface area contributed by atoms with Gasteiger partial charge in [0.2, 0.25) is 5.91 Å². The highest BCUT2D eigenvalue weighted by molar-refractivity contribution is 9.10. The van der Waals surface area contributed by atoms with Crippen molar-refractivity contribution in [3.05, 3.63) is 69.7 Å². The first-order chi connectivity index (χ1) is 16.0. The average molecular weight is 561 g/mol. The SMILES string of the molecule is O=C(C=Cc1ccc(Br)cc1)NCCCCN1CCc2ccc(OS(=O)(=O)C(F)(F)F)cc2C1. The number of carbonyl (C=O) groups is 1. The predicted octanol–water partition coefficient (Wildman–Crippen LogP) is 4.65. The summed E-state index contributed by atoms with van der Waals surface area (Å²) in [6, 6.07) is 11.8. The average Bonchev–Trinajstić information content (AvgIpc) is 2.77. The van der Waals surface area contributed by atoms with Gasteiger partial charge in [-0.25, -0.2) is 0 Å². The van der Waals surface area contributed by atoms with Crippen LogP contribution in [0.15, 0.2) is 53.0 Å². The van der Waals surface area contributed by atoms with Crippen LogP contribution in [0, 0.1) is 0 Å². The highest BCUT2D eigenvalue weighted by atomic mass is 79.9. The lowest BCUT2D eigenvalue weighted by atomic mass is 9.99. The number of benzene rings is 2. The standard InChI is InChI=1S/C23H24BrF3N2O4S/c24-20-7-3-17(4-8-20)5-10-22(30)28-12-1-2-13-29-14-11-18-6-9-21(15-19(18)16-29)33-34(31,32)23(25,26)27/h3-10,15H,1-2,11-14,16H2,(H,28,30). The van der Waals surface area contributed by atoms with E-state index in [2.05, 4.69) is 30.3 Å². The molecule has 0 radical (unpaired) electrons. The van der Waals surface area contributed by atoms with E-state index in [1.807, 2.05) is 24.3 Å². The number of alkyl halides is 3. The molecule has 2 aromatic carbocycles. The van der Waals surface area contributed by atoms with Gasteiger partial charge in [-0.2, -0.15) is 21.6 Å². The third kappa shape index (κ3) is 7.57. The van der Waals surface area contributed by atoms with Crippen molar-refractivity contribution in [2.45, 2.75) is 31.3 Å². The summed E-state index contributed by atoms with van der Waals surface area (Å²) in [5.74, 6) is -0.520. The second-order valence-corrected chi connectivity index (χ2v) is 10.3. The maximum absolute atomic E-state index is 12.6. The molecular formula is C23H24BrF3N2O4S. The van der Waals surface area contributed by atoms with Gasteiger partial charge in [-0.15, -0.1) is 0 Å². The molecule has 1 aliphatic heterocycles. The van der Waals surface area contributed by atoms with Crippen LogP contribution in [0.3, 0.4) is 0 Å². The molecule has 3 rings (SSSR count). The lowest BCUT2D eigenvalue weighted by molar-refractivity contribution is -0.116. The van der Waals surface area contributed by atoms with Crippen molar-refractivity contribution < 1.29 is 30.6 Å². The molecule has 0 saturated carbocycles. The Bertz CT molecular complexity index is 1140. The molecule has 11 heteroatoms. The van der Waals surface area contributed by atoms with Crippen LogP contribution in [-0.2, 0) is 27.9 Å². The predicted molar refractivity (Wildman–Crippen MR) is 126 cm³/mol. The van der Waals surface area contributed by atoms with Crippen molar-refractivity contribution >= 4 is 38.0 Å². The van der Waals surface area contributed by atoms with E-state index in [-0.39, 0.29) is 11.7 Å². The molecule has 0 spiro atoms. The summed E-state index contributed by atoms with van der Waals surface area (Å²) in [6.07, 6.45) is 5.53. The molecule has 0 atom stereocenters. The van der Waals surface area contributed by atoms with Gasteiger partial charge in [0, 0.05) is 30.2 Å². The largest absolute Gasteiger partial charge is 0.534 e. The minimum absolute atomic E-state index is 0.170. The molecule has 184 valence electrons. The molecule has 0 unspecified atom stereocenters. The Morgan fingerprint density at radius 2 is 1.85 bits per heavy atom. The van der Waals surface area contributed by atoms with Crippen molar-refractivity contribution in [1.29, 1.82) is 0 Å². The molecule has 6 nitrogen and oxygen atoms in total. The normalized spacial score (nSPS) is 14.7. The zero-order valence-electron chi connectivity index (χ0n) is 18.1. The molecule has 0 aromatic heterocycles. The van der Waals surface area contributed by atoms with E-state index in [1.165, 1.54) is 18.2 Å². The monoisotopic (exact) mass is 560 g/mol. The summed E-state index contributed by atoms with van der Waals surface area (Å²) in [4.78, 5) is 14.1. The lowest BCUT2D eigenvalue weighted by Crippen LogP contribution is -2.32. The number of amides is 1. The molecule has 1 N–H and O–H groups in total. The van der Waals surface area contributed by atoms with E-state index >= 15 is 0 Å². The first-order valence-corrected chi connectivity index (χ1v) is 12.8. The summed E-state index contributed by atoms with van der Waals surface area (Å²) in [5, 5.41) is 2.84. The van der Waals surface area contributed by atoms with Gasteiger partial charge in [-0.05, 0) is 72.8 Å². The number of unbranched alkanes of at least 4 members (excludes halogenated alkanes) is 1. The van der Waals surface area contributed by atoms with Crippen molar-refractivity contribution in [2.24, 2.45) is 0 Å². The minimum atomic E-state index is -5.70. The molecule has 1 heterocycles. The van der Waals surface area contributed by atoms with Crippen LogP contribution in [0.1, 0.15) is 29.5 Å². The molecule has 1 amide bonds. The number of hydrogen-bond donors (Lipinski definition) is 1. The molecule has 1 aliphatic rings. The second-order valence-electron chi connectivity index (χ2n) is 7.82. The van der Waals surface area contributed by atoms with Crippen LogP contribution in [0.4, 0.5) is 13.2 Å². The molecular weight excluding hydrogens is 537 g/mol. The Kier molecular flexibility index (Phi) is 8.78. The van der Waals surface area contributed by atoms with Crippen LogP contribution in [-0.4, -0.2) is 44.4 Å². The fourth-order valence-electron chi connectivity index (χ4n) is 3.49. The Morgan fingerprint density at radius 3 is 2.56 bits per heavy atom. The summed E-state index contributed by atoms with van der Waals surface area (Å²) in [7, 11) is -5.70. The van der Waals surface area contributed by atoms with Gasteiger partial charge in [-0.3, -0.25) is 9.69 Å². The first kappa shape index (κ1) is 26.2. The van der Waals surface area contributed by atoms with E-state index in [9.17, 15) is 26.4 Å². The summed E-state index contributed by atoms with van der Waals surface area (Å²) >= 11 is 3.36. The van der Waals surface area contributed by atoms with Gasteiger partial charge in [0.25, 0.3) is 0 Å². The Labute approximate surface area is 205 Å². The lowest BCUT2D eigenvalue weighted by Gasteiger charge is -2.29. The Balaban J connectivity index is 1.41. The zero-order chi connectivity index (χ0) is 24.8. The number of nitrogens with zero attached hydrogens (tertiary/aromatic N) is 1. The topological polar surface area (TPSA) is 75.7 Å². The summed E-state index contributed by atoms with van der Waals surface area (Å²) < 4.78 is 65.3. The van der Waals surface area contributed by atoms with Crippen molar-refractivity contribution in [3.63, 3.8) is 0 Å². The highest BCUT2D eigenvalue weighted by Crippen LogP contribution is 2.29. The first-order valence-electron chi connectivity index (χ1n) is 10.6. The van der Waals surface area contributed by atoms with Crippen molar-refractivity contribution in [2.75, 3.05) is 19.6 Å². The molecule has 34 heavy (non-hydrogen) atoms. The van der Waals surface area contributed by atoms with Crippen LogP contribution in [0.5, 0.6) is 5.75 Å². The van der Waals surface area contributed by atoms with Crippen LogP contribution >= 0.6 is 15.9 Å². The van der Waals surface area contributed by atoms with Gasteiger partial charge in [0.1, 0.15) is 5.75 Å². The van der Waals surface area contributed by atoms with Crippen LogP contribution < -0.4 is 9.50 Å². The number of carbonyl (C=O) groups excluding carboxylic acids is 1. The van der Waals surface area contributed by atoms with Crippen LogP contribution in [0.2, 0.25) is 0 Å². The fourth-order valence-corrected chi connectivity index (χ4v) is 4.20. The van der Waals surface area contributed by atoms with Crippen LogP contribution in [0.25, 0.3) is 6.08 Å². The van der Waals surface area contributed by atoms with E-state index in [0.717, 1.165) is 47.1 Å². The summed E-state index contributed by atoms with van der Waals surface area (Å²) in [6.45, 7) is 2.55. The highest BCUT2D eigenvalue weighted by Gasteiger charge is 2.48. The fraction of sp³-hybridized carbons (Fsp3) is 0.348. The van der Waals surface area contributed by atoms with E-state index in [0.29, 0.717) is 19.5 Å². The third-order valence-electron chi connectivity index (χ3n) is 5.26. The molecule has 0 saturated heterocycles. The van der Waals surface area contributed by atoms with Gasteiger partial charge in [0.05, 0.1) is 0 Å². The van der Waals surface area contributed by atoms with Crippen molar-refractivity contribution in [1.82, 2.24) is 10.2 Å². The minimum Gasteiger partial charge on any atom is -0.376 e. The number of nitrogens with one attached hydrogen (secondary N) is 1. The third-order valence-corrected chi connectivity index (χ3v) is 6.76. The molecule has 0 bridgehead atoms. The van der Waals surface area contributed by atoms with Gasteiger partial charge in [-0.1, -0.05) is 34.1 Å². The van der Waals surface area contributed by atoms with E-state index < -0.39 is 15.6 Å². The quantitative estimate of drug-likeness (QED) is 0.209. The second kappa shape index (κ2) is 11.4. The molecule has 2 aromatic rings. The smallest absolute Gasteiger partial charge is 0.376 e. The van der Waals surface area contributed by atoms with Gasteiger partial charge >= 0.3 is 15.6 Å². The van der Waals surface area contributed by atoms with E-state index in [4.69, 9.17) is 0 Å². The van der Waals surface area contributed by atoms with Crippen molar-refractivity contribution in [3.8, 4) is 5.75 Å². The Morgan fingerprint density at radius 1 is 1.12 bits per heavy atom.